The summed E-state index contributed by atoms with van der Waals surface area (Å²) in [7, 11) is 0. The number of nitrogens with two attached hydrogens (primary N) is 2. The van der Waals surface area contributed by atoms with E-state index in [-0.39, 0.29) is 5.75 Å². The summed E-state index contributed by atoms with van der Waals surface area (Å²) in [6, 6.07) is 7.13. The standard InChI is InChI=1S/C20H26N6O/c21-17(16-3-2-15(12-18(16)27)26-9-1-8-24-26)4-5-19(22)25-10-6-20(7-11-25)13-23-14-20/h1-5,8-9,12,23,27H,6-7,10-11,13-14,21-22H2/b17-4-,19-5+. The Morgan fingerprint density at radius 1 is 1.19 bits per heavy atom. The second-order valence-electron chi connectivity index (χ2n) is 7.46. The molecule has 0 radical (unpaired) electrons. The Morgan fingerprint density at radius 2 is 1.96 bits per heavy atom. The highest BCUT2D eigenvalue weighted by Gasteiger charge is 2.39. The van der Waals surface area contributed by atoms with Crippen LogP contribution in [0.15, 0.2) is 54.6 Å². The van der Waals surface area contributed by atoms with Crippen molar-refractivity contribution in [3.8, 4) is 11.4 Å². The number of phenols is 1. The lowest BCUT2D eigenvalue weighted by Gasteiger charge is -2.48. The Bertz CT molecular complexity index is 857. The number of hydrogen-bond acceptors (Lipinski definition) is 6. The topological polar surface area (TPSA) is 105 Å². The number of allylic oxidation sites excluding steroid dienone is 2. The van der Waals surface area contributed by atoms with Crippen molar-refractivity contribution in [3.63, 3.8) is 0 Å². The first-order chi connectivity index (χ1) is 13.1. The van der Waals surface area contributed by atoms with Crippen molar-refractivity contribution in [2.24, 2.45) is 16.9 Å². The predicted octanol–water partition coefficient (Wildman–Crippen LogP) is 1.36. The number of benzene rings is 1. The van der Waals surface area contributed by atoms with E-state index in [1.807, 2.05) is 24.4 Å². The molecule has 0 bridgehead atoms. The van der Waals surface area contributed by atoms with E-state index in [9.17, 15) is 5.11 Å². The number of aromatic hydroxyl groups is 1. The molecule has 6 N–H and O–H groups in total. The zero-order valence-electron chi connectivity index (χ0n) is 15.3. The van der Waals surface area contributed by atoms with E-state index in [4.69, 9.17) is 11.5 Å². The van der Waals surface area contributed by atoms with E-state index >= 15 is 0 Å². The summed E-state index contributed by atoms with van der Waals surface area (Å²) in [4.78, 5) is 2.20. The third-order valence-electron chi connectivity index (χ3n) is 5.68. The maximum atomic E-state index is 10.3. The van der Waals surface area contributed by atoms with Gasteiger partial charge >= 0.3 is 0 Å². The lowest BCUT2D eigenvalue weighted by molar-refractivity contribution is 0.0695. The van der Waals surface area contributed by atoms with Gasteiger partial charge in [0.1, 0.15) is 5.75 Å². The number of rotatable bonds is 4. The summed E-state index contributed by atoms with van der Waals surface area (Å²) in [5, 5.41) is 17.9. The summed E-state index contributed by atoms with van der Waals surface area (Å²) < 4.78 is 1.68. The summed E-state index contributed by atoms with van der Waals surface area (Å²) in [6.07, 6.45) is 9.43. The van der Waals surface area contributed by atoms with Crippen molar-refractivity contribution in [1.82, 2.24) is 20.0 Å². The number of aromatic nitrogens is 2. The average Bonchev–Trinajstić information content (AvgIpc) is 3.19. The van der Waals surface area contributed by atoms with Gasteiger partial charge in [0.2, 0.25) is 0 Å². The van der Waals surface area contributed by atoms with Gasteiger partial charge in [-0.25, -0.2) is 4.68 Å². The first-order valence-electron chi connectivity index (χ1n) is 9.28. The van der Waals surface area contributed by atoms with E-state index in [0.29, 0.717) is 22.5 Å². The Morgan fingerprint density at radius 3 is 2.56 bits per heavy atom. The molecule has 3 heterocycles. The molecule has 2 aromatic rings. The number of hydrogen-bond donors (Lipinski definition) is 4. The highest BCUT2D eigenvalue weighted by atomic mass is 16.3. The fourth-order valence-electron chi connectivity index (χ4n) is 3.77. The minimum atomic E-state index is 0.112. The van der Waals surface area contributed by atoms with Crippen LogP contribution in [0.25, 0.3) is 11.4 Å². The molecule has 1 spiro atoms. The van der Waals surface area contributed by atoms with Crippen molar-refractivity contribution in [1.29, 1.82) is 0 Å². The predicted molar refractivity (Wildman–Crippen MR) is 106 cm³/mol. The fraction of sp³-hybridized carbons (Fsp3) is 0.350. The van der Waals surface area contributed by atoms with Gasteiger partial charge in [-0.2, -0.15) is 5.10 Å². The van der Waals surface area contributed by atoms with Gasteiger partial charge in [-0.1, -0.05) is 0 Å². The molecule has 2 saturated heterocycles. The van der Waals surface area contributed by atoms with Crippen LogP contribution >= 0.6 is 0 Å². The second-order valence-corrected chi connectivity index (χ2v) is 7.46. The molecule has 2 aliphatic heterocycles. The summed E-state index contributed by atoms with van der Waals surface area (Å²) >= 11 is 0. The first-order valence-corrected chi connectivity index (χ1v) is 9.28. The number of piperidine rings is 1. The number of likely N-dealkylation sites (tertiary alicyclic amines) is 1. The molecule has 0 aliphatic carbocycles. The van der Waals surface area contributed by atoms with Crippen LogP contribution in [-0.4, -0.2) is 46.0 Å². The van der Waals surface area contributed by atoms with Crippen molar-refractivity contribution in [2.45, 2.75) is 12.8 Å². The van der Waals surface area contributed by atoms with E-state index in [1.165, 1.54) is 12.8 Å². The molecule has 1 aromatic carbocycles. The maximum Gasteiger partial charge on any atom is 0.127 e. The number of nitrogens with one attached hydrogen (secondary N) is 1. The first kappa shape index (κ1) is 17.5. The van der Waals surface area contributed by atoms with Gasteiger partial charge in [0, 0.05) is 55.9 Å². The zero-order chi connectivity index (χ0) is 18.9. The van der Waals surface area contributed by atoms with Crippen LogP contribution in [-0.2, 0) is 0 Å². The molecule has 0 saturated carbocycles. The maximum absolute atomic E-state index is 10.3. The van der Waals surface area contributed by atoms with E-state index in [0.717, 1.165) is 31.9 Å². The molecule has 0 atom stereocenters. The van der Waals surface area contributed by atoms with Gasteiger partial charge < -0.3 is 26.8 Å². The van der Waals surface area contributed by atoms with Crippen LogP contribution in [0.2, 0.25) is 0 Å². The van der Waals surface area contributed by atoms with E-state index in [2.05, 4.69) is 15.3 Å². The Kier molecular flexibility index (Phi) is 4.53. The normalized spacial score (nSPS) is 19.9. The molecule has 4 rings (SSSR count). The number of phenolic OH excluding ortho intramolecular Hbond substituents is 1. The Balaban J connectivity index is 1.44. The monoisotopic (exact) mass is 366 g/mol. The second kappa shape index (κ2) is 7.00. The van der Waals surface area contributed by atoms with Gasteiger partial charge in [0.15, 0.2) is 0 Å². The number of nitrogens with zero attached hydrogens (tertiary/aromatic N) is 3. The van der Waals surface area contributed by atoms with Crippen LogP contribution in [0.1, 0.15) is 18.4 Å². The Hall–Kier alpha value is -2.93. The van der Waals surface area contributed by atoms with Crippen LogP contribution in [0.5, 0.6) is 5.75 Å². The molecule has 1 aromatic heterocycles. The molecule has 0 unspecified atom stereocenters. The summed E-state index contributed by atoms with van der Waals surface area (Å²) in [5.41, 5.74) is 14.7. The molecular formula is C20H26N6O. The minimum Gasteiger partial charge on any atom is -0.507 e. The van der Waals surface area contributed by atoms with Gasteiger partial charge in [0.05, 0.1) is 11.5 Å². The lowest BCUT2D eigenvalue weighted by Crippen LogP contribution is -2.58. The molecule has 7 heteroatoms. The molecule has 2 aliphatic rings. The van der Waals surface area contributed by atoms with E-state index < -0.39 is 0 Å². The van der Waals surface area contributed by atoms with Crippen molar-refractivity contribution >= 4 is 5.70 Å². The smallest absolute Gasteiger partial charge is 0.127 e. The quantitative estimate of drug-likeness (QED) is 0.609. The minimum absolute atomic E-state index is 0.112. The SMILES string of the molecule is N/C(=C\C=C(/N)N1CCC2(CC1)CNC2)c1ccc(-n2cccn2)cc1O. The highest BCUT2D eigenvalue weighted by molar-refractivity contribution is 5.70. The fourth-order valence-corrected chi connectivity index (χ4v) is 3.77. The van der Waals surface area contributed by atoms with Crippen LogP contribution < -0.4 is 16.8 Å². The Labute approximate surface area is 159 Å². The largest absolute Gasteiger partial charge is 0.507 e. The third kappa shape index (κ3) is 3.50. The van der Waals surface area contributed by atoms with Gasteiger partial charge in [-0.3, -0.25) is 0 Å². The molecule has 0 amide bonds. The zero-order valence-corrected chi connectivity index (χ0v) is 15.3. The van der Waals surface area contributed by atoms with Gasteiger partial charge in [-0.05, 0) is 48.6 Å². The third-order valence-corrected chi connectivity index (χ3v) is 5.68. The van der Waals surface area contributed by atoms with Crippen molar-refractivity contribution in [3.05, 3.63) is 60.2 Å². The highest BCUT2D eigenvalue weighted by Crippen LogP contribution is 2.35. The molecule has 142 valence electrons. The van der Waals surface area contributed by atoms with Crippen LogP contribution in [0.3, 0.4) is 0 Å². The summed E-state index contributed by atoms with van der Waals surface area (Å²) in [5.74, 6) is 0.828. The molecular weight excluding hydrogens is 340 g/mol. The van der Waals surface area contributed by atoms with Crippen LogP contribution in [0, 0.1) is 5.41 Å². The van der Waals surface area contributed by atoms with E-state index in [1.54, 1.807) is 29.1 Å². The van der Waals surface area contributed by atoms with Crippen molar-refractivity contribution < 1.29 is 5.11 Å². The average molecular weight is 366 g/mol. The lowest BCUT2D eigenvalue weighted by atomic mass is 9.73. The molecule has 2 fully saturated rings. The molecule has 7 nitrogen and oxygen atoms in total. The molecule has 27 heavy (non-hydrogen) atoms. The van der Waals surface area contributed by atoms with Crippen molar-refractivity contribution in [2.75, 3.05) is 26.2 Å². The summed E-state index contributed by atoms with van der Waals surface area (Å²) in [6.45, 7) is 4.21. The van der Waals surface area contributed by atoms with Crippen LogP contribution in [0.4, 0.5) is 0 Å². The van der Waals surface area contributed by atoms with Gasteiger partial charge in [-0.15, -0.1) is 0 Å². The van der Waals surface area contributed by atoms with Gasteiger partial charge in [0.25, 0.3) is 0 Å².